The normalized spacial score (nSPS) is 15.5. The van der Waals surface area contributed by atoms with E-state index in [-0.39, 0.29) is 5.91 Å². The molecular weight excluding hydrogens is 330 g/mol. The van der Waals surface area contributed by atoms with Gasteiger partial charge in [0.15, 0.2) is 0 Å². The summed E-state index contributed by atoms with van der Waals surface area (Å²) in [5, 5.41) is 15.2. The molecule has 140 valence electrons. The summed E-state index contributed by atoms with van der Waals surface area (Å²) in [6.45, 7) is 10.6. The van der Waals surface area contributed by atoms with Gasteiger partial charge in [-0.15, -0.1) is 4.99 Å². The van der Waals surface area contributed by atoms with E-state index in [2.05, 4.69) is 25.5 Å². The fraction of sp³-hybridized carbons (Fsp3) is 0.556. The Kier molecular flexibility index (Phi) is 7.36. The van der Waals surface area contributed by atoms with Gasteiger partial charge in [0.2, 0.25) is 18.1 Å². The molecule has 1 aromatic heterocycles. The molecule has 1 aliphatic rings. The molecular formula is C18H27N7O. The maximum absolute atomic E-state index is 11.3. The van der Waals surface area contributed by atoms with Gasteiger partial charge in [0.1, 0.15) is 0 Å². The minimum atomic E-state index is 0.149. The minimum absolute atomic E-state index is 0.149. The molecule has 1 saturated heterocycles. The molecule has 0 atom stereocenters. The number of nitrogens with one attached hydrogen (secondary N) is 2. The number of carbonyl (C=O) groups is 1. The monoisotopic (exact) mass is 357 g/mol. The van der Waals surface area contributed by atoms with Gasteiger partial charge in [0, 0.05) is 56.7 Å². The lowest BCUT2D eigenvalue weighted by Crippen LogP contribution is -2.48. The van der Waals surface area contributed by atoms with E-state index >= 15 is 0 Å². The van der Waals surface area contributed by atoms with Crippen molar-refractivity contribution in [2.75, 3.05) is 44.6 Å². The zero-order chi connectivity index (χ0) is 18.9. The van der Waals surface area contributed by atoms with Crippen LogP contribution in [0.1, 0.15) is 24.7 Å². The van der Waals surface area contributed by atoms with Gasteiger partial charge in [-0.2, -0.15) is 5.26 Å². The summed E-state index contributed by atoms with van der Waals surface area (Å²) >= 11 is 0. The molecule has 1 amide bonds. The van der Waals surface area contributed by atoms with Crippen molar-refractivity contribution < 1.29 is 4.79 Å². The van der Waals surface area contributed by atoms with E-state index in [0.29, 0.717) is 12.5 Å². The fourth-order valence-corrected chi connectivity index (χ4v) is 3.00. The number of guanidine groups is 1. The maximum atomic E-state index is 11.3. The highest BCUT2D eigenvalue weighted by Gasteiger charge is 2.17. The van der Waals surface area contributed by atoms with Gasteiger partial charge < -0.3 is 15.5 Å². The lowest BCUT2D eigenvalue weighted by Gasteiger charge is -2.34. The number of carbonyl (C=O) groups excluding carboxylic acids is 1. The molecule has 0 unspecified atom stereocenters. The Morgan fingerprint density at radius 2 is 1.92 bits per heavy atom. The molecule has 0 saturated carbocycles. The Hall–Kier alpha value is -2.66. The molecule has 0 aromatic carbocycles. The third kappa shape index (κ3) is 6.33. The van der Waals surface area contributed by atoms with Crippen LogP contribution < -0.4 is 10.6 Å². The van der Waals surface area contributed by atoms with Gasteiger partial charge in [-0.05, 0) is 38.9 Å². The number of aliphatic imine (C=N–C) groups is 1. The van der Waals surface area contributed by atoms with Crippen LogP contribution in [0.15, 0.2) is 17.1 Å². The second kappa shape index (κ2) is 9.73. The van der Waals surface area contributed by atoms with E-state index in [0.717, 1.165) is 56.2 Å². The summed E-state index contributed by atoms with van der Waals surface area (Å²) in [6.07, 6.45) is 2.75. The van der Waals surface area contributed by atoms with Crippen molar-refractivity contribution in [1.29, 1.82) is 5.26 Å². The van der Waals surface area contributed by atoms with Crippen molar-refractivity contribution in [3.63, 3.8) is 0 Å². The minimum Gasteiger partial charge on any atom is -0.355 e. The highest BCUT2D eigenvalue weighted by atomic mass is 16.2. The van der Waals surface area contributed by atoms with Crippen molar-refractivity contribution in [3.8, 4) is 6.19 Å². The first-order valence-electron chi connectivity index (χ1n) is 8.89. The van der Waals surface area contributed by atoms with Crippen LogP contribution in [0.2, 0.25) is 0 Å². The van der Waals surface area contributed by atoms with Crippen molar-refractivity contribution in [2.24, 2.45) is 4.99 Å². The zero-order valence-electron chi connectivity index (χ0n) is 15.7. The summed E-state index contributed by atoms with van der Waals surface area (Å²) < 4.78 is 0. The van der Waals surface area contributed by atoms with Crippen molar-refractivity contribution in [3.05, 3.63) is 23.5 Å². The van der Waals surface area contributed by atoms with Crippen molar-refractivity contribution in [2.45, 2.75) is 27.2 Å². The van der Waals surface area contributed by atoms with Crippen LogP contribution in [0, 0.1) is 25.3 Å². The van der Waals surface area contributed by atoms with Crippen molar-refractivity contribution >= 4 is 17.6 Å². The molecule has 0 radical (unpaired) electrons. The number of hydrogen-bond acceptors (Lipinski definition) is 5. The number of amides is 1. The lowest BCUT2D eigenvalue weighted by atomic mass is 10.3. The fourth-order valence-electron chi connectivity index (χ4n) is 3.00. The predicted octanol–water partition coefficient (Wildman–Crippen LogP) is 1.09. The van der Waals surface area contributed by atoms with E-state index in [1.165, 1.54) is 0 Å². The van der Waals surface area contributed by atoms with Crippen LogP contribution in [0.4, 0.5) is 5.69 Å². The van der Waals surface area contributed by atoms with Gasteiger partial charge in [-0.25, -0.2) is 0 Å². The number of rotatable bonds is 5. The van der Waals surface area contributed by atoms with Gasteiger partial charge in [0.25, 0.3) is 0 Å². The first-order chi connectivity index (χ1) is 12.5. The van der Waals surface area contributed by atoms with Crippen LogP contribution in [0.5, 0.6) is 0 Å². The third-order valence-electron chi connectivity index (χ3n) is 4.27. The molecule has 0 spiro atoms. The van der Waals surface area contributed by atoms with E-state index in [9.17, 15) is 4.79 Å². The molecule has 8 nitrogen and oxygen atoms in total. The topological polar surface area (TPSA) is 96.7 Å². The molecule has 1 aromatic rings. The summed E-state index contributed by atoms with van der Waals surface area (Å²) in [5.74, 6) is 0.593. The van der Waals surface area contributed by atoms with Crippen LogP contribution in [0.25, 0.3) is 0 Å². The Morgan fingerprint density at radius 1 is 1.27 bits per heavy atom. The maximum Gasteiger partial charge on any atom is 0.219 e. The summed E-state index contributed by atoms with van der Waals surface area (Å²) in [6, 6.07) is 3.83. The predicted molar refractivity (Wildman–Crippen MR) is 102 cm³/mol. The van der Waals surface area contributed by atoms with E-state index in [1.807, 2.05) is 37.1 Å². The Bertz CT molecular complexity index is 667. The van der Waals surface area contributed by atoms with Crippen molar-refractivity contribution in [1.82, 2.24) is 20.1 Å². The van der Waals surface area contributed by atoms with Gasteiger partial charge >= 0.3 is 0 Å². The van der Waals surface area contributed by atoms with Gasteiger partial charge in [-0.1, -0.05) is 0 Å². The van der Waals surface area contributed by atoms with Gasteiger partial charge in [-0.3, -0.25) is 14.7 Å². The first kappa shape index (κ1) is 19.7. The molecule has 0 aliphatic carbocycles. The van der Waals surface area contributed by atoms with Crippen LogP contribution in [-0.4, -0.2) is 65.9 Å². The number of anilines is 1. The van der Waals surface area contributed by atoms with E-state index < -0.39 is 0 Å². The largest absolute Gasteiger partial charge is 0.355 e. The van der Waals surface area contributed by atoms with Crippen LogP contribution >= 0.6 is 0 Å². The number of piperazine rings is 1. The summed E-state index contributed by atoms with van der Waals surface area (Å²) in [7, 11) is 0. The van der Waals surface area contributed by atoms with Crippen LogP contribution in [0.3, 0.4) is 0 Å². The number of aryl methyl sites for hydroxylation is 2. The Labute approximate surface area is 154 Å². The highest BCUT2D eigenvalue weighted by Crippen LogP contribution is 2.10. The smallest absolute Gasteiger partial charge is 0.219 e. The summed E-state index contributed by atoms with van der Waals surface area (Å²) in [4.78, 5) is 23.7. The molecule has 26 heavy (non-hydrogen) atoms. The SMILES string of the molecule is CC(=O)N1CCN(CCCN/C(=N/C#N)Nc2cc(C)nc(C)c2)CC1. The Balaban J connectivity index is 1.75. The average Bonchev–Trinajstić information content (AvgIpc) is 2.58. The molecule has 2 rings (SSSR count). The van der Waals surface area contributed by atoms with E-state index in [1.54, 1.807) is 6.92 Å². The number of pyridine rings is 1. The number of nitriles is 1. The number of aromatic nitrogens is 1. The first-order valence-corrected chi connectivity index (χ1v) is 8.89. The standard InChI is InChI=1S/C18H27N7O/c1-14-11-17(12-15(2)22-14)23-18(21-13-19)20-5-4-6-24-7-9-25(10-8-24)16(3)26/h11-12H,4-10H2,1-3H3,(H2,20,21,22,23). The molecule has 1 aliphatic heterocycles. The molecule has 1 fully saturated rings. The summed E-state index contributed by atoms with van der Waals surface area (Å²) in [5.41, 5.74) is 2.68. The number of nitrogens with zero attached hydrogens (tertiary/aromatic N) is 5. The molecule has 8 heteroatoms. The second-order valence-corrected chi connectivity index (χ2v) is 6.45. The Morgan fingerprint density at radius 3 is 2.50 bits per heavy atom. The van der Waals surface area contributed by atoms with E-state index in [4.69, 9.17) is 5.26 Å². The van der Waals surface area contributed by atoms with Gasteiger partial charge in [0.05, 0.1) is 0 Å². The second-order valence-electron chi connectivity index (χ2n) is 6.45. The number of hydrogen-bond donors (Lipinski definition) is 2. The third-order valence-corrected chi connectivity index (χ3v) is 4.27. The molecule has 2 N–H and O–H groups in total. The lowest BCUT2D eigenvalue weighted by molar-refractivity contribution is -0.130. The highest BCUT2D eigenvalue weighted by molar-refractivity contribution is 5.94. The zero-order valence-corrected chi connectivity index (χ0v) is 15.7. The molecule has 2 heterocycles. The van der Waals surface area contributed by atoms with Crippen LogP contribution in [-0.2, 0) is 4.79 Å². The quantitative estimate of drug-likeness (QED) is 0.354. The average molecular weight is 357 g/mol. The molecule has 0 bridgehead atoms.